The third-order valence-corrected chi connectivity index (χ3v) is 5.04. The predicted molar refractivity (Wildman–Crippen MR) is 87.7 cm³/mol. The summed E-state index contributed by atoms with van der Waals surface area (Å²) in [6, 6.07) is 10.3. The Morgan fingerprint density at radius 3 is 2.90 bits per heavy atom. The molecule has 1 saturated heterocycles. The van der Waals surface area contributed by atoms with Crippen LogP contribution in [0.5, 0.6) is 0 Å². The molecule has 2 heterocycles. The van der Waals surface area contributed by atoms with E-state index in [-0.39, 0.29) is 0 Å². The lowest BCUT2D eigenvalue weighted by Crippen LogP contribution is -2.39. The topological polar surface area (TPSA) is 51.4 Å². The van der Waals surface area contributed by atoms with Crippen LogP contribution in [0.3, 0.4) is 0 Å². The molecule has 1 aliphatic rings. The largest absolute Gasteiger partial charge is 0.380 e. The van der Waals surface area contributed by atoms with E-state index < -0.39 is 0 Å². The van der Waals surface area contributed by atoms with E-state index >= 15 is 0 Å². The Balaban J connectivity index is 1.89. The van der Waals surface area contributed by atoms with Crippen molar-refractivity contribution < 1.29 is 4.74 Å². The van der Waals surface area contributed by atoms with Gasteiger partial charge in [-0.05, 0) is 12.8 Å². The van der Waals surface area contributed by atoms with E-state index in [1.807, 2.05) is 18.2 Å². The first-order valence-corrected chi connectivity index (χ1v) is 8.16. The highest BCUT2D eigenvalue weighted by atomic mass is 32.1. The first-order valence-electron chi connectivity index (χ1n) is 7.34. The Morgan fingerprint density at radius 1 is 1.38 bits per heavy atom. The lowest BCUT2D eigenvalue weighted by atomic mass is 10.1. The standard InChI is InChI=1S/C16H21N3OS/c1-20-13-8-5-9-19(11-13)16-18-15(14(10-17)21-16)12-6-3-2-4-7-12/h2-4,6-7,13H,5,8-11,17H2,1H3. The molecule has 0 amide bonds. The number of hydrogen-bond acceptors (Lipinski definition) is 5. The van der Waals surface area contributed by atoms with Gasteiger partial charge < -0.3 is 15.4 Å². The monoisotopic (exact) mass is 303 g/mol. The van der Waals surface area contributed by atoms with E-state index in [1.165, 1.54) is 0 Å². The minimum atomic E-state index is 0.309. The highest BCUT2D eigenvalue weighted by molar-refractivity contribution is 7.16. The van der Waals surface area contributed by atoms with Crippen LogP contribution in [0.2, 0.25) is 0 Å². The van der Waals surface area contributed by atoms with Gasteiger partial charge in [0.25, 0.3) is 0 Å². The third-order valence-electron chi connectivity index (χ3n) is 3.90. The van der Waals surface area contributed by atoms with Crippen molar-refractivity contribution >= 4 is 16.5 Å². The van der Waals surface area contributed by atoms with Gasteiger partial charge in [-0.3, -0.25) is 0 Å². The van der Waals surface area contributed by atoms with E-state index in [4.69, 9.17) is 15.5 Å². The second-order valence-corrected chi connectivity index (χ2v) is 6.35. The Kier molecular flexibility index (Phi) is 4.53. The average molecular weight is 303 g/mol. The molecule has 3 rings (SSSR count). The van der Waals surface area contributed by atoms with Crippen molar-refractivity contribution in [3.63, 3.8) is 0 Å². The van der Waals surface area contributed by atoms with E-state index in [0.29, 0.717) is 12.6 Å². The third kappa shape index (κ3) is 3.10. The summed E-state index contributed by atoms with van der Waals surface area (Å²) in [4.78, 5) is 8.33. The van der Waals surface area contributed by atoms with Gasteiger partial charge in [0.05, 0.1) is 11.8 Å². The molecule has 1 aromatic carbocycles. The Labute approximate surface area is 129 Å². The molecule has 5 heteroatoms. The van der Waals surface area contributed by atoms with Crippen LogP contribution in [0.1, 0.15) is 17.7 Å². The van der Waals surface area contributed by atoms with Crippen molar-refractivity contribution in [1.82, 2.24) is 4.98 Å². The lowest BCUT2D eigenvalue weighted by Gasteiger charge is -2.31. The molecule has 0 aliphatic carbocycles. The normalized spacial score (nSPS) is 19.0. The van der Waals surface area contributed by atoms with Crippen LogP contribution < -0.4 is 10.6 Å². The van der Waals surface area contributed by atoms with Crippen molar-refractivity contribution in [2.75, 3.05) is 25.1 Å². The Hall–Kier alpha value is -1.43. The molecule has 1 unspecified atom stereocenters. The van der Waals surface area contributed by atoms with Crippen LogP contribution >= 0.6 is 11.3 Å². The molecule has 1 aromatic heterocycles. The fraction of sp³-hybridized carbons (Fsp3) is 0.438. The SMILES string of the molecule is COC1CCCN(c2nc(-c3ccccc3)c(CN)s2)C1. The zero-order valence-electron chi connectivity index (χ0n) is 12.3. The van der Waals surface area contributed by atoms with Crippen LogP contribution in [0.4, 0.5) is 5.13 Å². The molecule has 0 spiro atoms. The lowest BCUT2D eigenvalue weighted by molar-refractivity contribution is 0.0893. The number of benzene rings is 1. The molecule has 1 fully saturated rings. The number of thiazole rings is 1. The minimum Gasteiger partial charge on any atom is -0.380 e. The fourth-order valence-corrected chi connectivity index (χ4v) is 3.73. The summed E-state index contributed by atoms with van der Waals surface area (Å²) in [6.07, 6.45) is 2.59. The number of methoxy groups -OCH3 is 1. The number of anilines is 1. The number of hydrogen-bond donors (Lipinski definition) is 1. The van der Waals surface area contributed by atoms with Gasteiger partial charge in [-0.2, -0.15) is 0 Å². The summed E-state index contributed by atoms with van der Waals surface area (Å²) in [7, 11) is 1.79. The second kappa shape index (κ2) is 6.56. The zero-order valence-corrected chi connectivity index (χ0v) is 13.1. The Morgan fingerprint density at radius 2 is 2.19 bits per heavy atom. The van der Waals surface area contributed by atoms with Crippen molar-refractivity contribution in [2.24, 2.45) is 5.73 Å². The number of nitrogens with two attached hydrogens (primary N) is 1. The fourth-order valence-electron chi connectivity index (χ4n) is 2.74. The number of rotatable bonds is 4. The summed E-state index contributed by atoms with van der Waals surface area (Å²) in [5.74, 6) is 0. The predicted octanol–water partition coefficient (Wildman–Crippen LogP) is 2.88. The maximum Gasteiger partial charge on any atom is 0.186 e. The van der Waals surface area contributed by atoms with Gasteiger partial charge in [-0.1, -0.05) is 41.7 Å². The summed E-state index contributed by atoms with van der Waals surface area (Å²) in [5, 5.41) is 1.07. The van der Waals surface area contributed by atoms with Crippen molar-refractivity contribution in [2.45, 2.75) is 25.5 Å². The van der Waals surface area contributed by atoms with Gasteiger partial charge in [-0.15, -0.1) is 0 Å². The maximum absolute atomic E-state index is 5.91. The smallest absolute Gasteiger partial charge is 0.186 e. The van der Waals surface area contributed by atoms with E-state index in [9.17, 15) is 0 Å². The molecule has 112 valence electrons. The molecule has 0 bridgehead atoms. The van der Waals surface area contributed by atoms with Crippen molar-refractivity contribution in [1.29, 1.82) is 0 Å². The van der Waals surface area contributed by atoms with Gasteiger partial charge in [0.15, 0.2) is 5.13 Å². The van der Waals surface area contributed by atoms with Crippen molar-refractivity contribution in [3.05, 3.63) is 35.2 Å². The maximum atomic E-state index is 5.91. The summed E-state index contributed by atoms with van der Waals surface area (Å²) in [5.41, 5.74) is 8.08. The van der Waals surface area contributed by atoms with Crippen LogP contribution in [0.15, 0.2) is 30.3 Å². The molecule has 1 aliphatic heterocycles. The summed E-state index contributed by atoms with van der Waals surface area (Å²) >= 11 is 1.71. The van der Waals surface area contributed by atoms with Crippen LogP contribution in [-0.4, -0.2) is 31.3 Å². The van der Waals surface area contributed by atoms with Crippen LogP contribution in [0, 0.1) is 0 Å². The summed E-state index contributed by atoms with van der Waals surface area (Å²) < 4.78 is 5.50. The molecule has 21 heavy (non-hydrogen) atoms. The molecule has 0 radical (unpaired) electrons. The van der Waals surface area contributed by atoms with Gasteiger partial charge in [0.2, 0.25) is 0 Å². The molecule has 1 atom stereocenters. The summed E-state index contributed by atoms with van der Waals surface area (Å²) in [6.45, 7) is 2.50. The highest BCUT2D eigenvalue weighted by Gasteiger charge is 2.23. The molecule has 2 aromatic rings. The van der Waals surface area contributed by atoms with E-state index in [0.717, 1.165) is 47.2 Å². The van der Waals surface area contributed by atoms with Crippen LogP contribution in [0.25, 0.3) is 11.3 Å². The Bertz CT molecular complexity index is 584. The molecule has 4 nitrogen and oxygen atoms in total. The quantitative estimate of drug-likeness (QED) is 0.943. The molecular formula is C16H21N3OS. The molecular weight excluding hydrogens is 282 g/mol. The first-order chi connectivity index (χ1) is 10.3. The zero-order chi connectivity index (χ0) is 14.7. The molecule has 2 N–H and O–H groups in total. The van der Waals surface area contributed by atoms with Gasteiger partial charge in [0, 0.05) is 37.2 Å². The first kappa shape index (κ1) is 14.5. The second-order valence-electron chi connectivity index (χ2n) is 5.28. The van der Waals surface area contributed by atoms with Gasteiger partial charge in [0.1, 0.15) is 0 Å². The average Bonchev–Trinajstić information content (AvgIpc) is 3.00. The number of piperidine rings is 1. The van der Waals surface area contributed by atoms with Crippen LogP contribution in [-0.2, 0) is 11.3 Å². The molecule has 0 saturated carbocycles. The van der Waals surface area contributed by atoms with E-state index in [1.54, 1.807) is 18.4 Å². The minimum absolute atomic E-state index is 0.309. The van der Waals surface area contributed by atoms with E-state index in [2.05, 4.69) is 17.0 Å². The van der Waals surface area contributed by atoms with Gasteiger partial charge in [-0.25, -0.2) is 4.98 Å². The number of aromatic nitrogens is 1. The van der Waals surface area contributed by atoms with Crippen molar-refractivity contribution in [3.8, 4) is 11.3 Å². The number of nitrogens with zero attached hydrogens (tertiary/aromatic N) is 2. The highest BCUT2D eigenvalue weighted by Crippen LogP contribution is 2.34. The number of ether oxygens (including phenoxy) is 1. The van der Waals surface area contributed by atoms with Gasteiger partial charge >= 0.3 is 0 Å².